The first-order valence-electron chi connectivity index (χ1n) is 6.80. The summed E-state index contributed by atoms with van der Waals surface area (Å²) < 4.78 is 14.0. The van der Waals surface area contributed by atoms with Gasteiger partial charge in [0.2, 0.25) is 0 Å². The van der Waals surface area contributed by atoms with Gasteiger partial charge in [0, 0.05) is 5.56 Å². The van der Waals surface area contributed by atoms with E-state index in [0.717, 1.165) is 18.7 Å². The Labute approximate surface area is 102 Å². The average Bonchev–Trinajstić information content (AvgIpc) is 2.39. The van der Waals surface area contributed by atoms with Gasteiger partial charge in [0.25, 0.3) is 0 Å². The molecular formula is C14H21FN2+2. The first-order valence-corrected chi connectivity index (χ1v) is 6.80. The summed E-state index contributed by atoms with van der Waals surface area (Å²) >= 11 is 0. The van der Waals surface area contributed by atoms with Crippen LogP contribution in [-0.2, 0) is 6.54 Å². The monoisotopic (exact) mass is 236 g/mol. The molecule has 1 atom stereocenters. The van der Waals surface area contributed by atoms with Gasteiger partial charge in [0.15, 0.2) is 6.04 Å². The number of benzene rings is 1. The molecule has 3 heteroatoms. The number of nitrogens with one attached hydrogen (secondary N) is 1. The Balaban J connectivity index is 1.92. The van der Waals surface area contributed by atoms with Crippen molar-refractivity contribution in [2.45, 2.75) is 31.8 Å². The van der Waals surface area contributed by atoms with Crippen molar-refractivity contribution < 1.29 is 14.6 Å². The Hall–Kier alpha value is -0.930. The van der Waals surface area contributed by atoms with Crippen molar-refractivity contribution in [2.24, 2.45) is 0 Å². The molecule has 0 saturated carbocycles. The molecule has 0 aromatic heterocycles. The summed E-state index contributed by atoms with van der Waals surface area (Å²) in [5.74, 6) is 0.0127. The number of piperidine rings is 1. The lowest BCUT2D eigenvalue weighted by molar-refractivity contribution is -0.952. The van der Waals surface area contributed by atoms with E-state index in [1.807, 2.05) is 6.07 Å². The Kier molecular flexibility index (Phi) is 3.12. The maximum atomic E-state index is 14.0. The molecule has 1 aromatic rings. The molecule has 0 unspecified atom stereocenters. The zero-order valence-corrected chi connectivity index (χ0v) is 10.2. The van der Waals surface area contributed by atoms with Crippen molar-refractivity contribution >= 4 is 0 Å². The molecule has 3 N–H and O–H groups in total. The molecule has 0 aliphatic carbocycles. The molecule has 0 radical (unpaired) electrons. The number of fused-ring (bicyclic) bond motifs is 1. The third-order valence-corrected chi connectivity index (χ3v) is 4.25. The highest BCUT2D eigenvalue weighted by atomic mass is 19.1. The van der Waals surface area contributed by atoms with Gasteiger partial charge in [-0.2, -0.15) is 0 Å². The molecule has 0 bridgehead atoms. The van der Waals surface area contributed by atoms with Crippen molar-refractivity contribution in [1.82, 2.24) is 0 Å². The minimum atomic E-state index is 0.0127. The molecule has 2 aliphatic heterocycles. The van der Waals surface area contributed by atoms with Crippen LogP contribution < -0.4 is 10.2 Å². The zero-order valence-electron chi connectivity index (χ0n) is 10.2. The van der Waals surface area contributed by atoms with Crippen LogP contribution in [0.4, 0.5) is 4.39 Å². The number of likely N-dealkylation sites (tertiary alicyclic amines) is 1. The molecule has 2 heterocycles. The minimum absolute atomic E-state index is 0.0127. The van der Waals surface area contributed by atoms with Crippen LogP contribution in [0, 0.1) is 5.82 Å². The second kappa shape index (κ2) is 4.75. The van der Waals surface area contributed by atoms with Crippen molar-refractivity contribution in [1.29, 1.82) is 0 Å². The van der Waals surface area contributed by atoms with E-state index in [4.69, 9.17) is 0 Å². The quantitative estimate of drug-likeness (QED) is 0.686. The predicted molar refractivity (Wildman–Crippen MR) is 64.2 cm³/mol. The molecule has 0 amide bonds. The van der Waals surface area contributed by atoms with E-state index in [9.17, 15) is 4.39 Å². The van der Waals surface area contributed by atoms with Crippen molar-refractivity contribution in [2.75, 3.05) is 19.6 Å². The van der Waals surface area contributed by atoms with Crippen LogP contribution in [0.1, 0.15) is 36.4 Å². The third kappa shape index (κ3) is 2.09. The predicted octanol–water partition coefficient (Wildman–Crippen LogP) is 0.0126. The zero-order chi connectivity index (χ0) is 11.7. The third-order valence-electron chi connectivity index (χ3n) is 4.25. The molecule has 0 spiro atoms. The summed E-state index contributed by atoms with van der Waals surface area (Å²) in [5.41, 5.74) is 2.21. The summed E-state index contributed by atoms with van der Waals surface area (Å²) in [6, 6.07) is 5.93. The maximum Gasteiger partial charge on any atom is 0.166 e. The number of quaternary nitrogens is 2. The highest BCUT2D eigenvalue weighted by Gasteiger charge is 2.34. The van der Waals surface area contributed by atoms with Crippen LogP contribution in [0.15, 0.2) is 18.2 Å². The summed E-state index contributed by atoms with van der Waals surface area (Å²) in [4.78, 5) is 1.60. The first-order chi connectivity index (χ1) is 8.36. The van der Waals surface area contributed by atoms with Crippen molar-refractivity contribution in [3.8, 4) is 0 Å². The van der Waals surface area contributed by atoms with Gasteiger partial charge in [-0.1, -0.05) is 12.1 Å². The van der Waals surface area contributed by atoms with Gasteiger partial charge in [0.1, 0.15) is 18.9 Å². The van der Waals surface area contributed by atoms with Gasteiger partial charge >= 0.3 is 0 Å². The van der Waals surface area contributed by atoms with Gasteiger partial charge < -0.3 is 10.2 Å². The van der Waals surface area contributed by atoms with Crippen LogP contribution in [-0.4, -0.2) is 19.6 Å². The average molecular weight is 236 g/mol. The topological polar surface area (TPSA) is 21.1 Å². The molecular weight excluding hydrogens is 215 g/mol. The van der Waals surface area contributed by atoms with Crippen LogP contribution >= 0.6 is 0 Å². The number of hydrogen-bond donors (Lipinski definition) is 2. The Bertz CT molecular complexity index is 399. The SMILES string of the molecule is Fc1cccc2c1[C@@H]([NH+]1CCCCC1)C[NH2+]C2. The van der Waals surface area contributed by atoms with Crippen molar-refractivity contribution in [3.63, 3.8) is 0 Å². The van der Waals surface area contributed by atoms with Crippen LogP contribution in [0.3, 0.4) is 0 Å². The minimum Gasteiger partial charge on any atom is -0.337 e. The molecule has 1 fully saturated rings. The summed E-state index contributed by atoms with van der Waals surface area (Å²) in [6.07, 6.45) is 3.95. The summed E-state index contributed by atoms with van der Waals surface area (Å²) in [7, 11) is 0. The fourth-order valence-electron chi connectivity index (χ4n) is 3.40. The first kappa shape index (κ1) is 11.2. The Morgan fingerprint density at radius 2 is 2.00 bits per heavy atom. The lowest BCUT2D eigenvalue weighted by atomic mass is 9.93. The maximum absolute atomic E-state index is 14.0. The van der Waals surface area contributed by atoms with Crippen molar-refractivity contribution in [3.05, 3.63) is 35.1 Å². The molecule has 17 heavy (non-hydrogen) atoms. The summed E-state index contributed by atoms with van der Waals surface area (Å²) in [6.45, 7) is 4.42. The van der Waals surface area contributed by atoms with Crippen LogP contribution in [0.5, 0.6) is 0 Å². The Morgan fingerprint density at radius 3 is 2.82 bits per heavy atom. The van der Waals surface area contributed by atoms with Gasteiger partial charge in [-0.3, -0.25) is 0 Å². The number of hydrogen-bond acceptors (Lipinski definition) is 0. The molecule has 2 nitrogen and oxygen atoms in total. The highest BCUT2D eigenvalue weighted by Crippen LogP contribution is 2.21. The van der Waals surface area contributed by atoms with Crippen LogP contribution in [0.2, 0.25) is 0 Å². The van der Waals surface area contributed by atoms with Gasteiger partial charge in [-0.25, -0.2) is 4.39 Å². The number of rotatable bonds is 1. The Morgan fingerprint density at radius 1 is 1.18 bits per heavy atom. The lowest BCUT2D eigenvalue weighted by Crippen LogP contribution is -3.16. The largest absolute Gasteiger partial charge is 0.337 e. The number of nitrogens with two attached hydrogens (primary N) is 1. The molecule has 2 aliphatic rings. The normalized spacial score (nSPS) is 25.6. The van der Waals surface area contributed by atoms with E-state index in [2.05, 4.69) is 11.4 Å². The molecule has 1 saturated heterocycles. The second-order valence-electron chi connectivity index (χ2n) is 5.31. The number of halogens is 1. The van der Waals surface area contributed by atoms with E-state index in [1.165, 1.54) is 37.9 Å². The van der Waals surface area contributed by atoms with Gasteiger partial charge in [-0.15, -0.1) is 0 Å². The standard InChI is InChI=1S/C14H19FN2/c15-12-6-4-5-11-9-16-10-13(14(11)12)17-7-2-1-3-8-17/h4-6,13,16H,1-3,7-10H2/p+2/t13-/m0/s1. The van der Waals surface area contributed by atoms with Gasteiger partial charge in [-0.05, 0) is 25.3 Å². The second-order valence-corrected chi connectivity index (χ2v) is 5.31. The van der Waals surface area contributed by atoms with E-state index >= 15 is 0 Å². The van der Waals surface area contributed by atoms with E-state index < -0.39 is 0 Å². The van der Waals surface area contributed by atoms with E-state index in [0.29, 0.717) is 6.04 Å². The highest BCUT2D eigenvalue weighted by molar-refractivity contribution is 5.30. The van der Waals surface area contributed by atoms with E-state index in [-0.39, 0.29) is 5.82 Å². The smallest absolute Gasteiger partial charge is 0.166 e. The molecule has 3 rings (SSSR count). The summed E-state index contributed by atoms with van der Waals surface area (Å²) in [5, 5.41) is 2.33. The molecule has 1 aromatic carbocycles. The fraction of sp³-hybridized carbons (Fsp3) is 0.571. The lowest BCUT2D eigenvalue weighted by Gasteiger charge is -2.33. The molecule has 92 valence electrons. The fourth-order valence-corrected chi connectivity index (χ4v) is 3.40. The van der Waals surface area contributed by atoms with Crippen LogP contribution in [0.25, 0.3) is 0 Å². The van der Waals surface area contributed by atoms with Gasteiger partial charge in [0.05, 0.1) is 18.7 Å². The van der Waals surface area contributed by atoms with E-state index in [1.54, 1.807) is 11.0 Å².